The van der Waals surface area contributed by atoms with Gasteiger partial charge in [-0.15, -0.1) is 0 Å². The van der Waals surface area contributed by atoms with Crippen molar-refractivity contribution >= 4 is 5.91 Å². The van der Waals surface area contributed by atoms with Crippen molar-refractivity contribution in [1.82, 2.24) is 5.32 Å². The molecule has 0 aromatic heterocycles. The molecule has 0 aromatic rings. The van der Waals surface area contributed by atoms with Gasteiger partial charge in [-0.3, -0.25) is 4.79 Å². The summed E-state index contributed by atoms with van der Waals surface area (Å²) in [4.78, 5) is 12.0. The Morgan fingerprint density at radius 3 is 2.70 bits per heavy atom. The zero-order chi connectivity index (χ0) is 14.8. The molecule has 4 heteroatoms. The van der Waals surface area contributed by atoms with E-state index in [1.807, 2.05) is 0 Å². The lowest BCUT2D eigenvalue weighted by Gasteiger charge is -2.22. The summed E-state index contributed by atoms with van der Waals surface area (Å²) < 4.78 is 0. The van der Waals surface area contributed by atoms with E-state index in [0.29, 0.717) is 18.9 Å². The number of carbonyl (C=O) groups excluding carboxylic acids is 1. The van der Waals surface area contributed by atoms with Crippen LogP contribution in [0.1, 0.15) is 71.1 Å². The van der Waals surface area contributed by atoms with Gasteiger partial charge >= 0.3 is 0 Å². The minimum Gasteiger partial charge on any atom is -0.391 e. The number of hydrogen-bond donors (Lipinski definition) is 3. The molecule has 1 amide bonds. The second kappa shape index (κ2) is 10.2. The Labute approximate surface area is 123 Å². The van der Waals surface area contributed by atoms with Crippen LogP contribution < -0.4 is 11.1 Å². The van der Waals surface area contributed by atoms with Crippen molar-refractivity contribution < 1.29 is 9.90 Å². The van der Waals surface area contributed by atoms with E-state index in [0.717, 1.165) is 51.4 Å². The maximum atomic E-state index is 12.0. The van der Waals surface area contributed by atoms with E-state index in [4.69, 9.17) is 5.73 Å². The lowest BCUT2D eigenvalue weighted by molar-refractivity contribution is -0.123. The summed E-state index contributed by atoms with van der Waals surface area (Å²) in [6, 6.07) is -0.0378. The smallest absolute Gasteiger partial charge is 0.220 e. The molecule has 1 aliphatic carbocycles. The van der Waals surface area contributed by atoms with Gasteiger partial charge in [-0.25, -0.2) is 0 Å². The first-order valence-electron chi connectivity index (χ1n) is 8.34. The Balaban J connectivity index is 2.30. The number of carbonyl (C=O) groups is 1. The van der Waals surface area contributed by atoms with Crippen LogP contribution in [-0.4, -0.2) is 29.7 Å². The molecular weight excluding hydrogens is 252 g/mol. The Kier molecular flexibility index (Phi) is 8.86. The molecule has 1 fully saturated rings. The van der Waals surface area contributed by atoms with Crippen molar-refractivity contribution in [2.24, 2.45) is 11.7 Å². The molecule has 0 heterocycles. The fourth-order valence-electron chi connectivity index (χ4n) is 3.15. The lowest BCUT2D eigenvalue weighted by atomic mass is 9.94. The number of nitrogens with two attached hydrogens (primary N) is 1. The Bertz CT molecular complexity index is 265. The topological polar surface area (TPSA) is 75.4 Å². The molecule has 0 aromatic carbocycles. The highest BCUT2D eigenvalue weighted by atomic mass is 16.3. The van der Waals surface area contributed by atoms with Crippen LogP contribution in [0.15, 0.2) is 0 Å². The van der Waals surface area contributed by atoms with Crippen LogP contribution in [0.4, 0.5) is 0 Å². The first-order chi connectivity index (χ1) is 9.67. The summed E-state index contributed by atoms with van der Waals surface area (Å²) in [5.74, 6) is 0.656. The van der Waals surface area contributed by atoms with Gasteiger partial charge in [-0.1, -0.05) is 39.0 Å². The van der Waals surface area contributed by atoms with Gasteiger partial charge < -0.3 is 16.2 Å². The summed E-state index contributed by atoms with van der Waals surface area (Å²) in [6.07, 6.45) is 9.49. The Morgan fingerprint density at radius 1 is 1.25 bits per heavy atom. The van der Waals surface area contributed by atoms with Gasteiger partial charge in [-0.05, 0) is 38.1 Å². The number of rotatable bonds is 8. The van der Waals surface area contributed by atoms with Crippen molar-refractivity contribution in [2.45, 2.75) is 83.3 Å². The summed E-state index contributed by atoms with van der Waals surface area (Å²) in [6.45, 7) is 2.87. The third-order valence-electron chi connectivity index (χ3n) is 4.38. The molecule has 0 radical (unpaired) electrons. The molecule has 4 N–H and O–H groups in total. The SMILES string of the molecule is CCCC(CCN)CCC(=O)NC1CCCCCC1O. The summed E-state index contributed by atoms with van der Waals surface area (Å²) in [5, 5.41) is 13.0. The molecule has 0 aliphatic heterocycles. The molecule has 3 atom stereocenters. The van der Waals surface area contributed by atoms with Crippen molar-refractivity contribution in [3.05, 3.63) is 0 Å². The molecule has 4 nitrogen and oxygen atoms in total. The van der Waals surface area contributed by atoms with E-state index in [1.54, 1.807) is 0 Å². The van der Waals surface area contributed by atoms with Gasteiger partial charge in [-0.2, -0.15) is 0 Å². The number of amides is 1. The predicted octanol–water partition coefficient (Wildman–Crippen LogP) is 2.34. The first kappa shape index (κ1) is 17.4. The average molecular weight is 284 g/mol. The highest BCUT2D eigenvalue weighted by molar-refractivity contribution is 5.76. The van der Waals surface area contributed by atoms with Crippen LogP contribution in [0.2, 0.25) is 0 Å². The zero-order valence-corrected chi connectivity index (χ0v) is 12.9. The predicted molar refractivity (Wildman–Crippen MR) is 82.3 cm³/mol. The minimum atomic E-state index is -0.364. The average Bonchev–Trinajstić information content (AvgIpc) is 2.62. The maximum absolute atomic E-state index is 12.0. The Morgan fingerprint density at radius 2 is 2.00 bits per heavy atom. The fourth-order valence-corrected chi connectivity index (χ4v) is 3.15. The lowest BCUT2D eigenvalue weighted by Crippen LogP contribution is -2.42. The standard InChI is InChI=1S/C16H32N2O2/c1-2-6-13(11-12-17)9-10-16(20)18-14-7-4-3-5-8-15(14)19/h13-15,19H,2-12,17H2,1H3,(H,18,20). The molecule has 1 saturated carbocycles. The van der Waals surface area contributed by atoms with Crippen molar-refractivity contribution in [1.29, 1.82) is 0 Å². The molecule has 1 rings (SSSR count). The van der Waals surface area contributed by atoms with Crippen LogP contribution in [0.3, 0.4) is 0 Å². The first-order valence-corrected chi connectivity index (χ1v) is 8.34. The maximum Gasteiger partial charge on any atom is 0.220 e. The van der Waals surface area contributed by atoms with Crippen LogP contribution in [-0.2, 0) is 4.79 Å². The van der Waals surface area contributed by atoms with E-state index >= 15 is 0 Å². The summed E-state index contributed by atoms with van der Waals surface area (Å²) >= 11 is 0. The van der Waals surface area contributed by atoms with Gasteiger partial charge in [0.2, 0.25) is 5.91 Å². The van der Waals surface area contributed by atoms with E-state index in [9.17, 15) is 9.90 Å². The number of aliphatic hydroxyl groups excluding tert-OH is 1. The largest absolute Gasteiger partial charge is 0.391 e. The minimum absolute atomic E-state index is 0.0378. The van der Waals surface area contributed by atoms with Gasteiger partial charge in [0.05, 0.1) is 12.1 Å². The summed E-state index contributed by atoms with van der Waals surface area (Å²) in [7, 11) is 0. The highest BCUT2D eigenvalue weighted by Crippen LogP contribution is 2.19. The quantitative estimate of drug-likeness (QED) is 0.599. The normalized spacial score (nSPS) is 24.9. The number of nitrogens with one attached hydrogen (secondary N) is 1. The van der Waals surface area contributed by atoms with Crippen LogP contribution in [0, 0.1) is 5.92 Å². The molecule has 1 aliphatic rings. The van der Waals surface area contributed by atoms with E-state index in [2.05, 4.69) is 12.2 Å². The third kappa shape index (κ3) is 6.71. The molecule has 0 saturated heterocycles. The molecule has 20 heavy (non-hydrogen) atoms. The highest BCUT2D eigenvalue weighted by Gasteiger charge is 2.23. The van der Waals surface area contributed by atoms with E-state index in [1.165, 1.54) is 6.42 Å². The van der Waals surface area contributed by atoms with Gasteiger partial charge in [0.25, 0.3) is 0 Å². The monoisotopic (exact) mass is 284 g/mol. The zero-order valence-electron chi connectivity index (χ0n) is 12.9. The third-order valence-corrected chi connectivity index (χ3v) is 4.38. The molecular formula is C16H32N2O2. The van der Waals surface area contributed by atoms with E-state index in [-0.39, 0.29) is 18.1 Å². The molecule has 118 valence electrons. The van der Waals surface area contributed by atoms with Crippen LogP contribution >= 0.6 is 0 Å². The van der Waals surface area contributed by atoms with Gasteiger partial charge in [0, 0.05) is 6.42 Å². The molecule has 0 spiro atoms. The Hall–Kier alpha value is -0.610. The summed E-state index contributed by atoms with van der Waals surface area (Å²) in [5.41, 5.74) is 5.62. The van der Waals surface area contributed by atoms with Gasteiger partial charge in [0.15, 0.2) is 0 Å². The number of aliphatic hydroxyl groups is 1. The van der Waals surface area contributed by atoms with Crippen molar-refractivity contribution in [3.63, 3.8) is 0 Å². The van der Waals surface area contributed by atoms with Crippen molar-refractivity contribution in [2.75, 3.05) is 6.54 Å². The van der Waals surface area contributed by atoms with Crippen LogP contribution in [0.25, 0.3) is 0 Å². The van der Waals surface area contributed by atoms with Crippen molar-refractivity contribution in [3.8, 4) is 0 Å². The number of hydrogen-bond acceptors (Lipinski definition) is 3. The second-order valence-electron chi connectivity index (χ2n) is 6.15. The fraction of sp³-hybridized carbons (Fsp3) is 0.938. The van der Waals surface area contributed by atoms with Crippen LogP contribution in [0.5, 0.6) is 0 Å². The second-order valence-corrected chi connectivity index (χ2v) is 6.15. The van der Waals surface area contributed by atoms with E-state index < -0.39 is 0 Å². The molecule has 0 bridgehead atoms. The molecule has 3 unspecified atom stereocenters. The van der Waals surface area contributed by atoms with Gasteiger partial charge in [0.1, 0.15) is 0 Å².